The van der Waals surface area contributed by atoms with E-state index < -0.39 is 113 Å². The smallest absolute Gasteiger partial charge is 0.408 e. The maximum absolute atomic E-state index is 15.4. The van der Waals surface area contributed by atoms with Crippen LogP contribution in [0.4, 0.5) is 4.79 Å². The Balaban J connectivity index is 1.52. The van der Waals surface area contributed by atoms with Crippen LogP contribution in [-0.4, -0.2) is 112 Å². The summed E-state index contributed by atoms with van der Waals surface area (Å²) in [6.07, 6.45) is -7.29. The van der Waals surface area contributed by atoms with Gasteiger partial charge in [0.1, 0.15) is 42.3 Å². The highest BCUT2D eigenvalue weighted by Crippen LogP contribution is 2.64. The van der Waals surface area contributed by atoms with Gasteiger partial charge in [0, 0.05) is 32.1 Å². The first-order chi connectivity index (χ1) is 28.2. The minimum atomic E-state index is -2.41. The van der Waals surface area contributed by atoms with Gasteiger partial charge in [0.15, 0.2) is 23.6 Å². The van der Waals surface area contributed by atoms with Crippen LogP contribution in [0.1, 0.15) is 83.5 Å². The molecule has 1 saturated heterocycles. The van der Waals surface area contributed by atoms with Gasteiger partial charge >= 0.3 is 30.0 Å². The average Bonchev–Trinajstić information content (AvgIpc) is 3.73. The second-order valence-electron chi connectivity index (χ2n) is 16.4. The van der Waals surface area contributed by atoms with E-state index >= 15 is 4.79 Å². The molecule has 6 rings (SSSR count). The molecular weight excluding hydrogens is 786 g/mol. The van der Waals surface area contributed by atoms with Crippen LogP contribution in [0.15, 0.2) is 76.4 Å². The monoisotopic (exact) mass is 837 g/mol. The molecule has 17 nitrogen and oxygen atoms in total. The topological polar surface area (TPSA) is 244 Å². The zero-order valence-electron chi connectivity index (χ0n) is 34.4. The summed E-state index contributed by atoms with van der Waals surface area (Å²) in [5, 5.41) is 39.5. The van der Waals surface area contributed by atoms with E-state index in [0.29, 0.717) is 0 Å². The van der Waals surface area contributed by atoms with Gasteiger partial charge in [-0.1, -0.05) is 44.2 Å². The van der Waals surface area contributed by atoms with E-state index in [2.05, 4.69) is 5.32 Å². The van der Waals surface area contributed by atoms with E-state index in [1.54, 1.807) is 37.3 Å². The minimum Gasteiger partial charge on any atom is -0.467 e. The third kappa shape index (κ3) is 7.41. The molecular formula is C43H51NO16. The number of amides is 1. The highest BCUT2D eigenvalue weighted by atomic mass is 16.6. The number of allylic oxidation sites excluding steroid dienone is 1. The fourth-order valence-electron chi connectivity index (χ4n) is 9.53. The van der Waals surface area contributed by atoms with E-state index in [-0.39, 0.29) is 42.1 Å². The number of benzene rings is 1. The molecule has 17 heteroatoms. The molecule has 2 saturated carbocycles. The Hall–Kier alpha value is -5.36. The van der Waals surface area contributed by atoms with Gasteiger partial charge in [-0.3, -0.25) is 14.4 Å². The van der Waals surface area contributed by atoms with Crippen LogP contribution in [0.2, 0.25) is 0 Å². The highest BCUT2D eigenvalue weighted by molar-refractivity contribution is 5.95. The van der Waals surface area contributed by atoms with Crippen molar-refractivity contribution in [3.05, 3.63) is 83.3 Å². The Bertz CT molecular complexity index is 2060. The number of aliphatic hydroxyl groups is 3. The number of carbonyl (C=O) groups is 6. The van der Waals surface area contributed by atoms with Gasteiger partial charge in [-0.25, -0.2) is 14.4 Å². The van der Waals surface area contributed by atoms with E-state index in [1.165, 1.54) is 58.2 Å². The number of Topliss-reactive ketones (excluding diaryl/α,β-unsaturated/α-hetero) is 1. The maximum atomic E-state index is 15.4. The van der Waals surface area contributed by atoms with E-state index in [1.807, 2.05) is 0 Å². The molecule has 4 N–H and O–H groups in total. The second kappa shape index (κ2) is 16.6. The van der Waals surface area contributed by atoms with E-state index in [9.17, 15) is 39.3 Å². The van der Waals surface area contributed by atoms with Gasteiger partial charge in [-0.05, 0) is 56.2 Å². The number of nitrogens with one attached hydrogen (secondary N) is 1. The Kier molecular flexibility index (Phi) is 12.2. The van der Waals surface area contributed by atoms with Crippen molar-refractivity contribution in [2.24, 2.45) is 16.7 Å². The zero-order chi connectivity index (χ0) is 43.9. The van der Waals surface area contributed by atoms with Crippen LogP contribution >= 0.6 is 0 Å². The van der Waals surface area contributed by atoms with Crippen molar-refractivity contribution in [3.63, 3.8) is 0 Å². The lowest BCUT2D eigenvalue weighted by atomic mass is 9.44. The second-order valence-corrected chi connectivity index (χ2v) is 16.4. The fourth-order valence-corrected chi connectivity index (χ4v) is 9.53. The molecule has 4 aliphatic rings. The van der Waals surface area contributed by atoms with Gasteiger partial charge < -0.3 is 53.5 Å². The molecule has 60 heavy (non-hydrogen) atoms. The Morgan fingerprint density at radius 2 is 1.70 bits per heavy atom. The van der Waals surface area contributed by atoms with Crippen molar-refractivity contribution in [1.82, 2.24) is 5.32 Å². The van der Waals surface area contributed by atoms with Crippen LogP contribution in [0.25, 0.3) is 0 Å². The lowest BCUT2D eigenvalue weighted by molar-refractivity contribution is -0.346. The van der Waals surface area contributed by atoms with Crippen LogP contribution < -0.4 is 5.32 Å². The first kappa shape index (κ1) is 44.2. The summed E-state index contributed by atoms with van der Waals surface area (Å²) < 4.78 is 40.5. The van der Waals surface area contributed by atoms with Crippen molar-refractivity contribution >= 4 is 35.8 Å². The maximum Gasteiger partial charge on any atom is 0.408 e. The highest BCUT2D eigenvalue weighted by Gasteiger charge is 2.78. The molecule has 1 amide bonds. The van der Waals surface area contributed by atoms with Crippen LogP contribution in [0.5, 0.6) is 0 Å². The SMILES string of the molecule is C/C=C/COC(=O)NC(c1ccco1)[C@@H](O)C(=O)O[C@H]1C[C@@]2(O)[C@@H](OC(=O)c3ccccc3)[C@@H]3[C@]4(OC(C)=O)CO[C@@H]4C[C@H](O)[C@@]3(C)C(=O)[C@H](OC(C)=O)C(=C1C)C2(C)C. The molecule has 1 aromatic carbocycles. The molecule has 2 heterocycles. The van der Waals surface area contributed by atoms with Crippen molar-refractivity contribution in [1.29, 1.82) is 0 Å². The van der Waals surface area contributed by atoms with Gasteiger partial charge in [0.25, 0.3) is 0 Å². The summed E-state index contributed by atoms with van der Waals surface area (Å²) in [6.45, 7) is 9.45. The number of hydrogen-bond donors (Lipinski definition) is 4. The summed E-state index contributed by atoms with van der Waals surface area (Å²) in [4.78, 5) is 82.2. The molecule has 2 aromatic rings. The molecule has 0 radical (unpaired) electrons. The molecule has 11 atom stereocenters. The average molecular weight is 838 g/mol. The molecule has 3 fully saturated rings. The quantitative estimate of drug-likeness (QED) is 0.144. The standard InChI is InChI=1S/C43H51NO16/c1-8-9-17-55-39(52)44-31(26-16-13-18-54-26)32(48)38(51)58-27-20-43(53)36(59-37(50)25-14-11-10-12-15-25)34-41(7,28(47)19-29-42(34,21-56-29)60-24(4)46)35(49)33(57-23(3)45)30(22(27)2)40(43,5)6/h8-16,18,27-29,31-34,36,47-48,53H,17,19-21H2,1-7H3,(H,44,52)/b9-8+/t27-,28-,29+,31?,32+,33+,34-,36-,41+,42-,43+/m0/s1. The third-order valence-electron chi connectivity index (χ3n) is 12.7. The number of aliphatic hydroxyl groups excluding tert-OH is 2. The first-order valence-corrected chi connectivity index (χ1v) is 19.6. The van der Waals surface area contributed by atoms with Gasteiger partial charge in [-0.2, -0.15) is 0 Å². The Morgan fingerprint density at radius 3 is 2.28 bits per heavy atom. The number of fused-ring (bicyclic) bond motifs is 5. The summed E-state index contributed by atoms with van der Waals surface area (Å²) in [5.74, 6) is -6.44. The molecule has 1 aromatic heterocycles. The fraction of sp³-hybridized carbons (Fsp3) is 0.535. The number of rotatable bonds is 11. The Morgan fingerprint density at radius 1 is 1.00 bits per heavy atom. The summed E-state index contributed by atoms with van der Waals surface area (Å²) in [6, 6.07) is 9.11. The van der Waals surface area contributed by atoms with Crippen LogP contribution in [0.3, 0.4) is 0 Å². The molecule has 324 valence electrons. The number of esters is 4. The number of ketones is 1. The van der Waals surface area contributed by atoms with Crippen molar-refractivity contribution in [3.8, 4) is 0 Å². The number of carbonyl (C=O) groups excluding carboxylic acids is 6. The molecule has 0 spiro atoms. The zero-order valence-corrected chi connectivity index (χ0v) is 34.4. The predicted molar refractivity (Wildman–Crippen MR) is 205 cm³/mol. The molecule has 3 aliphatic carbocycles. The van der Waals surface area contributed by atoms with Crippen molar-refractivity contribution in [2.45, 2.75) is 115 Å². The largest absolute Gasteiger partial charge is 0.467 e. The van der Waals surface area contributed by atoms with E-state index in [0.717, 1.165) is 13.8 Å². The van der Waals surface area contributed by atoms with E-state index in [4.69, 9.17) is 32.8 Å². The van der Waals surface area contributed by atoms with Gasteiger partial charge in [0.05, 0.1) is 35.9 Å². The van der Waals surface area contributed by atoms with Crippen molar-refractivity contribution < 1.29 is 76.9 Å². The Labute approximate surface area is 346 Å². The van der Waals surface area contributed by atoms with Crippen molar-refractivity contribution in [2.75, 3.05) is 13.2 Å². The van der Waals surface area contributed by atoms with Gasteiger partial charge in [-0.15, -0.1) is 0 Å². The third-order valence-corrected chi connectivity index (χ3v) is 12.7. The lowest BCUT2D eigenvalue weighted by Crippen LogP contribution is -2.82. The number of ether oxygens (including phenoxy) is 6. The number of furan rings is 1. The summed E-state index contributed by atoms with van der Waals surface area (Å²) >= 11 is 0. The van der Waals surface area contributed by atoms with Gasteiger partial charge in [0.2, 0.25) is 0 Å². The molecule has 1 unspecified atom stereocenters. The summed E-state index contributed by atoms with van der Waals surface area (Å²) in [5.41, 5.74) is -7.77. The molecule has 2 bridgehead atoms. The summed E-state index contributed by atoms with van der Waals surface area (Å²) in [7, 11) is 0. The van der Waals surface area contributed by atoms with Crippen LogP contribution in [-0.2, 0) is 47.6 Å². The lowest BCUT2D eigenvalue weighted by Gasteiger charge is -2.67. The number of alkyl carbamates (subject to hydrolysis) is 1. The normalized spacial score (nSPS) is 32.7. The molecule has 1 aliphatic heterocycles. The first-order valence-electron chi connectivity index (χ1n) is 19.6. The number of hydrogen-bond acceptors (Lipinski definition) is 16. The van der Waals surface area contributed by atoms with Crippen LogP contribution in [0, 0.1) is 16.7 Å². The minimum absolute atomic E-state index is 0.0295. The predicted octanol–water partition coefficient (Wildman–Crippen LogP) is 3.20.